The summed E-state index contributed by atoms with van der Waals surface area (Å²) in [5.74, 6) is -0.757. The number of imide groups is 1. The fourth-order valence-electron chi connectivity index (χ4n) is 2.45. The molecule has 1 aliphatic heterocycles. The maximum absolute atomic E-state index is 12.0. The molecule has 9 nitrogen and oxygen atoms in total. The van der Waals surface area contributed by atoms with Crippen molar-refractivity contribution in [3.8, 4) is 0 Å². The number of nitrogens with zero attached hydrogens (tertiary/aromatic N) is 5. The van der Waals surface area contributed by atoms with Gasteiger partial charge in [-0.15, -0.1) is 5.10 Å². The Bertz CT molecular complexity index is 722. The monoisotopic (exact) mass is 350 g/mol. The SMILES string of the molecule is Cn1cccc1C(=O)NC(=O)CSc1nnnn1CC1CCCO1. The van der Waals surface area contributed by atoms with E-state index in [1.54, 1.807) is 34.6 Å². The van der Waals surface area contributed by atoms with Crippen LogP contribution in [0.3, 0.4) is 0 Å². The lowest BCUT2D eigenvalue weighted by molar-refractivity contribution is -0.117. The molecule has 3 heterocycles. The van der Waals surface area contributed by atoms with Gasteiger partial charge < -0.3 is 9.30 Å². The van der Waals surface area contributed by atoms with Crippen LogP contribution in [0.25, 0.3) is 0 Å². The highest BCUT2D eigenvalue weighted by Gasteiger charge is 2.20. The predicted molar refractivity (Wildman–Crippen MR) is 85.4 cm³/mol. The fraction of sp³-hybridized carbons (Fsp3) is 0.500. The number of carbonyl (C=O) groups is 2. The van der Waals surface area contributed by atoms with E-state index in [2.05, 4.69) is 20.8 Å². The minimum atomic E-state index is -0.424. The molecule has 10 heteroatoms. The van der Waals surface area contributed by atoms with Gasteiger partial charge in [-0.05, 0) is 35.4 Å². The summed E-state index contributed by atoms with van der Waals surface area (Å²) >= 11 is 1.19. The second-order valence-electron chi connectivity index (χ2n) is 5.45. The lowest BCUT2D eigenvalue weighted by atomic mass is 10.2. The van der Waals surface area contributed by atoms with Gasteiger partial charge in [0.15, 0.2) is 0 Å². The molecule has 2 aromatic heterocycles. The summed E-state index contributed by atoms with van der Waals surface area (Å²) in [6, 6.07) is 3.39. The normalized spacial score (nSPS) is 17.1. The molecule has 3 rings (SSSR count). The molecule has 1 atom stereocenters. The second-order valence-corrected chi connectivity index (χ2v) is 6.39. The van der Waals surface area contributed by atoms with Crippen LogP contribution < -0.4 is 5.32 Å². The zero-order valence-electron chi connectivity index (χ0n) is 13.2. The maximum Gasteiger partial charge on any atom is 0.274 e. The topological polar surface area (TPSA) is 104 Å². The summed E-state index contributed by atoms with van der Waals surface area (Å²) < 4.78 is 8.84. The molecule has 0 bridgehead atoms. The minimum absolute atomic E-state index is 0.0576. The van der Waals surface area contributed by atoms with Gasteiger partial charge in [0.2, 0.25) is 11.1 Å². The quantitative estimate of drug-likeness (QED) is 0.744. The third-order valence-corrected chi connectivity index (χ3v) is 4.62. The third-order valence-electron chi connectivity index (χ3n) is 3.66. The maximum atomic E-state index is 12.0. The van der Waals surface area contributed by atoms with E-state index in [4.69, 9.17) is 4.74 Å². The number of amides is 2. The molecule has 1 saturated heterocycles. The number of rotatable bonds is 6. The molecule has 0 aromatic carbocycles. The number of tetrazole rings is 1. The highest BCUT2D eigenvalue weighted by molar-refractivity contribution is 7.99. The summed E-state index contributed by atoms with van der Waals surface area (Å²) in [5, 5.41) is 14.4. The summed E-state index contributed by atoms with van der Waals surface area (Å²) in [7, 11) is 1.74. The van der Waals surface area contributed by atoms with Gasteiger partial charge in [-0.2, -0.15) is 0 Å². The Hall–Kier alpha value is -2.20. The molecule has 0 saturated carbocycles. The molecule has 0 spiro atoms. The molecule has 1 fully saturated rings. The Balaban J connectivity index is 1.50. The number of carbonyl (C=O) groups excluding carboxylic acids is 2. The standard InChI is InChI=1S/C14H18N6O3S/c1-19-6-2-5-11(19)13(22)15-12(21)9-24-14-16-17-18-20(14)8-10-4-3-7-23-10/h2,5-6,10H,3-4,7-9H2,1H3,(H,15,21,22). The summed E-state index contributed by atoms with van der Waals surface area (Å²) in [5.41, 5.74) is 0.427. The molecule has 2 aromatic rings. The average molecular weight is 350 g/mol. The molecule has 128 valence electrons. The van der Waals surface area contributed by atoms with Crippen molar-refractivity contribution in [2.75, 3.05) is 12.4 Å². The number of hydrogen-bond acceptors (Lipinski definition) is 7. The van der Waals surface area contributed by atoms with Crippen molar-refractivity contribution in [1.29, 1.82) is 0 Å². The van der Waals surface area contributed by atoms with Crippen LogP contribution in [-0.4, -0.2) is 55.1 Å². The van der Waals surface area contributed by atoms with E-state index >= 15 is 0 Å². The number of ether oxygens (including phenoxy) is 1. The molecule has 24 heavy (non-hydrogen) atoms. The first-order chi connectivity index (χ1) is 11.6. The van der Waals surface area contributed by atoms with Gasteiger partial charge in [0, 0.05) is 19.9 Å². The highest BCUT2D eigenvalue weighted by atomic mass is 32.2. The number of nitrogens with one attached hydrogen (secondary N) is 1. The smallest absolute Gasteiger partial charge is 0.274 e. The van der Waals surface area contributed by atoms with Crippen molar-refractivity contribution in [3.63, 3.8) is 0 Å². The summed E-state index contributed by atoms with van der Waals surface area (Å²) in [6.45, 7) is 1.33. The number of hydrogen-bond donors (Lipinski definition) is 1. The number of aromatic nitrogens is 5. The lowest BCUT2D eigenvalue weighted by Crippen LogP contribution is -2.33. The van der Waals surface area contributed by atoms with Crippen molar-refractivity contribution in [2.24, 2.45) is 7.05 Å². The van der Waals surface area contributed by atoms with E-state index in [1.807, 2.05) is 0 Å². The largest absolute Gasteiger partial charge is 0.376 e. The molecular formula is C14H18N6O3S. The van der Waals surface area contributed by atoms with E-state index < -0.39 is 11.8 Å². The van der Waals surface area contributed by atoms with Crippen molar-refractivity contribution < 1.29 is 14.3 Å². The minimum Gasteiger partial charge on any atom is -0.376 e. The Labute approximate surface area is 142 Å². The lowest BCUT2D eigenvalue weighted by Gasteiger charge is -2.10. The van der Waals surface area contributed by atoms with E-state index in [1.165, 1.54) is 11.8 Å². The first-order valence-corrected chi connectivity index (χ1v) is 8.58. The van der Waals surface area contributed by atoms with E-state index in [9.17, 15) is 9.59 Å². The molecule has 0 aliphatic carbocycles. The van der Waals surface area contributed by atoms with Gasteiger partial charge in [0.25, 0.3) is 5.91 Å². The van der Waals surface area contributed by atoms with E-state index in [-0.39, 0.29) is 11.9 Å². The van der Waals surface area contributed by atoms with Crippen LogP contribution in [0.2, 0.25) is 0 Å². The van der Waals surface area contributed by atoms with Gasteiger partial charge in [0.05, 0.1) is 18.4 Å². The molecular weight excluding hydrogens is 332 g/mol. The van der Waals surface area contributed by atoms with E-state index in [0.29, 0.717) is 17.4 Å². The summed E-state index contributed by atoms with van der Waals surface area (Å²) in [6.07, 6.45) is 3.88. The van der Waals surface area contributed by atoms with Crippen molar-refractivity contribution >= 4 is 23.6 Å². The molecule has 0 radical (unpaired) electrons. The van der Waals surface area contributed by atoms with Crippen LogP contribution in [0, 0.1) is 0 Å². The summed E-state index contributed by atoms with van der Waals surface area (Å²) in [4.78, 5) is 23.9. The van der Waals surface area contributed by atoms with Crippen molar-refractivity contribution in [2.45, 2.75) is 30.6 Å². The van der Waals surface area contributed by atoms with Crippen LogP contribution >= 0.6 is 11.8 Å². The predicted octanol–water partition coefficient (Wildman–Crippen LogP) is 0.239. The highest BCUT2D eigenvalue weighted by Crippen LogP contribution is 2.18. The van der Waals surface area contributed by atoms with Gasteiger partial charge >= 0.3 is 0 Å². The first-order valence-electron chi connectivity index (χ1n) is 7.59. The van der Waals surface area contributed by atoms with Gasteiger partial charge in [0.1, 0.15) is 5.69 Å². The number of thioether (sulfide) groups is 1. The average Bonchev–Trinajstić information content (AvgIpc) is 3.28. The third kappa shape index (κ3) is 4.01. The molecule has 1 unspecified atom stereocenters. The molecule has 1 aliphatic rings. The Morgan fingerprint density at radius 1 is 1.50 bits per heavy atom. The van der Waals surface area contributed by atoms with Crippen LogP contribution in [0.1, 0.15) is 23.3 Å². The molecule has 2 amide bonds. The van der Waals surface area contributed by atoms with Crippen molar-refractivity contribution in [3.05, 3.63) is 24.0 Å². The zero-order valence-corrected chi connectivity index (χ0v) is 14.0. The molecule has 1 N–H and O–H groups in total. The first kappa shape index (κ1) is 16.7. The van der Waals surface area contributed by atoms with Gasteiger partial charge in [-0.3, -0.25) is 14.9 Å². The Morgan fingerprint density at radius 3 is 3.08 bits per heavy atom. The number of aryl methyl sites for hydroxylation is 1. The second kappa shape index (κ2) is 7.58. The van der Waals surface area contributed by atoms with Crippen LogP contribution in [0.5, 0.6) is 0 Å². The van der Waals surface area contributed by atoms with Crippen LogP contribution in [0.15, 0.2) is 23.5 Å². The Morgan fingerprint density at radius 2 is 2.38 bits per heavy atom. The van der Waals surface area contributed by atoms with Gasteiger partial charge in [-0.25, -0.2) is 4.68 Å². The van der Waals surface area contributed by atoms with Crippen LogP contribution in [0.4, 0.5) is 0 Å². The van der Waals surface area contributed by atoms with Gasteiger partial charge in [-0.1, -0.05) is 11.8 Å². The van der Waals surface area contributed by atoms with Crippen molar-refractivity contribution in [1.82, 2.24) is 30.1 Å². The zero-order chi connectivity index (χ0) is 16.9. The van der Waals surface area contributed by atoms with Crippen LogP contribution in [-0.2, 0) is 23.1 Å². The van der Waals surface area contributed by atoms with E-state index in [0.717, 1.165) is 19.4 Å². The fourth-order valence-corrected chi connectivity index (χ4v) is 3.14. The Kier molecular flexibility index (Phi) is 5.26.